The Kier molecular flexibility index (Phi) is 3.88. The Morgan fingerprint density at radius 1 is 1.11 bits per heavy atom. The van der Waals surface area contributed by atoms with Crippen molar-refractivity contribution in [3.63, 3.8) is 0 Å². The molecule has 1 unspecified atom stereocenters. The standard InChI is InChI=1S/C12H10N2O4S/c15-12(16)9-1-3-10(4-2-9)14(19(17)18)11-5-7-13-8-6-11/h1-8H,(H,15,16)(H,17,18)/p-1. The molecule has 0 aliphatic carbocycles. The molecular formula is C12H9N2O4S-. The van der Waals surface area contributed by atoms with Gasteiger partial charge in [-0.25, -0.2) is 4.79 Å². The van der Waals surface area contributed by atoms with Crippen LogP contribution in [0.3, 0.4) is 0 Å². The fourth-order valence-corrected chi connectivity index (χ4v) is 2.13. The largest absolute Gasteiger partial charge is 0.755 e. The lowest BCUT2D eigenvalue weighted by atomic mass is 10.2. The highest BCUT2D eigenvalue weighted by Gasteiger charge is 2.11. The Bertz CT molecular complexity index is 601. The third kappa shape index (κ3) is 2.95. The van der Waals surface area contributed by atoms with Crippen molar-refractivity contribution in [2.45, 2.75) is 0 Å². The van der Waals surface area contributed by atoms with Crippen LogP contribution in [0.25, 0.3) is 0 Å². The third-order valence-electron chi connectivity index (χ3n) is 2.40. The Hall–Kier alpha value is -2.25. The van der Waals surface area contributed by atoms with Crippen LogP contribution in [-0.4, -0.2) is 24.8 Å². The van der Waals surface area contributed by atoms with Gasteiger partial charge in [0.2, 0.25) is 0 Å². The SMILES string of the molecule is O=C(O)c1ccc(N(c2ccncc2)S(=O)[O-])cc1. The molecule has 0 fully saturated rings. The van der Waals surface area contributed by atoms with E-state index in [0.29, 0.717) is 11.4 Å². The molecule has 1 aromatic carbocycles. The maximum Gasteiger partial charge on any atom is 0.335 e. The zero-order chi connectivity index (χ0) is 13.8. The minimum atomic E-state index is -2.51. The number of rotatable bonds is 4. The Morgan fingerprint density at radius 2 is 1.63 bits per heavy atom. The molecule has 0 bridgehead atoms. The first-order valence-corrected chi connectivity index (χ1v) is 6.25. The molecule has 0 spiro atoms. The summed E-state index contributed by atoms with van der Waals surface area (Å²) >= 11 is -2.51. The second-order valence-corrected chi connectivity index (χ2v) is 4.37. The van der Waals surface area contributed by atoms with Gasteiger partial charge in [0.25, 0.3) is 0 Å². The Morgan fingerprint density at radius 3 is 2.11 bits per heavy atom. The van der Waals surface area contributed by atoms with Crippen molar-refractivity contribution >= 4 is 28.6 Å². The number of hydrogen-bond donors (Lipinski definition) is 1. The molecule has 1 heterocycles. The molecule has 2 rings (SSSR count). The molecule has 0 aliphatic rings. The van der Waals surface area contributed by atoms with Crippen molar-refractivity contribution in [3.8, 4) is 0 Å². The highest BCUT2D eigenvalue weighted by Crippen LogP contribution is 2.26. The molecular weight excluding hydrogens is 268 g/mol. The molecule has 7 heteroatoms. The highest BCUT2D eigenvalue weighted by molar-refractivity contribution is 7.81. The summed E-state index contributed by atoms with van der Waals surface area (Å²) in [6, 6.07) is 8.64. The van der Waals surface area contributed by atoms with Gasteiger partial charge in [0.1, 0.15) is 0 Å². The van der Waals surface area contributed by atoms with Crippen LogP contribution < -0.4 is 4.31 Å². The second kappa shape index (κ2) is 5.59. The number of carboxylic acids is 1. The van der Waals surface area contributed by atoms with Gasteiger partial charge < -0.3 is 9.66 Å². The van der Waals surface area contributed by atoms with Gasteiger partial charge in [-0.3, -0.25) is 13.5 Å². The fourth-order valence-electron chi connectivity index (χ4n) is 1.54. The zero-order valence-corrected chi connectivity index (χ0v) is 10.4. The van der Waals surface area contributed by atoms with Gasteiger partial charge in [0.15, 0.2) is 0 Å². The summed E-state index contributed by atoms with van der Waals surface area (Å²) in [7, 11) is 0. The zero-order valence-electron chi connectivity index (χ0n) is 9.59. The number of anilines is 2. The van der Waals surface area contributed by atoms with E-state index in [1.165, 1.54) is 36.7 Å². The monoisotopic (exact) mass is 277 g/mol. The third-order valence-corrected chi connectivity index (χ3v) is 3.11. The minimum absolute atomic E-state index is 0.0927. The van der Waals surface area contributed by atoms with Gasteiger partial charge in [0, 0.05) is 12.4 Å². The molecule has 0 saturated heterocycles. The average Bonchev–Trinajstić information content (AvgIpc) is 2.40. The molecule has 0 radical (unpaired) electrons. The summed E-state index contributed by atoms with van der Waals surface area (Å²) in [5.74, 6) is -1.06. The van der Waals surface area contributed by atoms with Crippen LogP contribution in [0, 0.1) is 0 Å². The average molecular weight is 277 g/mol. The second-order valence-electron chi connectivity index (χ2n) is 3.57. The normalized spacial score (nSPS) is 11.8. The van der Waals surface area contributed by atoms with Crippen LogP contribution in [0.5, 0.6) is 0 Å². The summed E-state index contributed by atoms with van der Waals surface area (Å²) in [5, 5.41) is 8.80. The van der Waals surface area contributed by atoms with Gasteiger partial charge >= 0.3 is 5.97 Å². The van der Waals surface area contributed by atoms with Crippen LogP contribution in [-0.2, 0) is 11.3 Å². The Balaban J connectivity index is 2.40. The van der Waals surface area contributed by atoms with Gasteiger partial charge in [-0.15, -0.1) is 0 Å². The lowest BCUT2D eigenvalue weighted by Crippen LogP contribution is -2.19. The van der Waals surface area contributed by atoms with Crippen molar-refractivity contribution in [2.75, 3.05) is 4.31 Å². The molecule has 0 aliphatic heterocycles. The maximum absolute atomic E-state index is 11.3. The van der Waals surface area contributed by atoms with E-state index in [1.54, 1.807) is 12.1 Å². The first kappa shape index (κ1) is 13.2. The number of carboxylic acid groups (broad SMARTS) is 1. The lowest BCUT2D eigenvalue weighted by Gasteiger charge is -2.26. The predicted octanol–water partition coefficient (Wildman–Crippen LogP) is 1.71. The van der Waals surface area contributed by atoms with Crippen LogP contribution in [0.4, 0.5) is 11.4 Å². The van der Waals surface area contributed by atoms with Crippen LogP contribution in [0.1, 0.15) is 10.4 Å². The molecule has 1 N–H and O–H groups in total. The highest BCUT2D eigenvalue weighted by atomic mass is 32.2. The van der Waals surface area contributed by atoms with Crippen LogP contribution in [0.15, 0.2) is 48.8 Å². The van der Waals surface area contributed by atoms with Crippen molar-refractivity contribution in [1.82, 2.24) is 4.98 Å². The van der Waals surface area contributed by atoms with E-state index in [1.807, 2.05) is 0 Å². The van der Waals surface area contributed by atoms with Crippen molar-refractivity contribution in [3.05, 3.63) is 54.4 Å². The summed E-state index contributed by atoms with van der Waals surface area (Å²) in [5.41, 5.74) is 0.867. The molecule has 2 aromatic rings. The molecule has 1 aromatic heterocycles. The van der Waals surface area contributed by atoms with Crippen LogP contribution in [0.2, 0.25) is 0 Å². The smallest absolute Gasteiger partial charge is 0.335 e. The summed E-state index contributed by atoms with van der Waals surface area (Å²) < 4.78 is 23.7. The topological polar surface area (TPSA) is 93.6 Å². The minimum Gasteiger partial charge on any atom is -0.755 e. The summed E-state index contributed by atoms with van der Waals surface area (Å²) in [4.78, 5) is 14.6. The van der Waals surface area contributed by atoms with Crippen molar-refractivity contribution in [1.29, 1.82) is 0 Å². The van der Waals surface area contributed by atoms with E-state index in [2.05, 4.69) is 4.98 Å². The van der Waals surface area contributed by atoms with E-state index >= 15 is 0 Å². The van der Waals surface area contributed by atoms with E-state index in [-0.39, 0.29) is 5.56 Å². The number of carbonyl (C=O) groups is 1. The van der Waals surface area contributed by atoms with Crippen molar-refractivity contribution in [2.24, 2.45) is 0 Å². The number of pyridine rings is 1. The van der Waals surface area contributed by atoms with E-state index in [9.17, 15) is 13.6 Å². The Labute approximate surface area is 111 Å². The first-order chi connectivity index (χ1) is 9.09. The number of aromatic carboxylic acids is 1. The number of nitrogens with zero attached hydrogens (tertiary/aromatic N) is 2. The molecule has 1 atom stereocenters. The van der Waals surface area contributed by atoms with Gasteiger partial charge in [-0.2, -0.15) is 0 Å². The lowest BCUT2D eigenvalue weighted by molar-refractivity contribution is 0.0697. The molecule has 0 saturated carbocycles. The van der Waals surface area contributed by atoms with E-state index < -0.39 is 17.2 Å². The van der Waals surface area contributed by atoms with E-state index in [4.69, 9.17) is 5.11 Å². The maximum atomic E-state index is 11.3. The van der Waals surface area contributed by atoms with Gasteiger partial charge in [0.05, 0.1) is 28.2 Å². The first-order valence-electron chi connectivity index (χ1n) is 5.22. The summed E-state index contributed by atoms with van der Waals surface area (Å²) in [6.45, 7) is 0. The number of hydrogen-bond acceptors (Lipinski definition) is 4. The van der Waals surface area contributed by atoms with Crippen LogP contribution >= 0.6 is 0 Å². The van der Waals surface area contributed by atoms with Gasteiger partial charge in [-0.1, -0.05) is 0 Å². The molecule has 98 valence electrons. The summed E-state index contributed by atoms with van der Waals surface area (Å²) in [6.07, 6.45) is 2.95. The molecule has 19 heavy (non-hydrogen) atoms. The molecule has 6 nitrogen and oxygen atoms in total. The fraction of sp³-hybridized carbons (Fsp3) is 0. The molecule has 0 amide bonds. The number of aromatic nitrogens is 1. The number of benzene rings is 1. The predicted molar refractivity (Wildman–Crippen MR) is 68.7 cm³/mol. The van der Waals surface area contributed by atoms with E-state index in [0.717, 1.165) is 4.31 Å². The quantitative estimate of drug-likeness (QED) is 0.859. The van der Waals surface area contributed by atoms with Crippen molar-refractivity contribution < 1.29 is 18.7 Å². The van der Waals surface area contributed by atoms with Gasteiger partial charge in [-0.05, 0) is 36.4 Å².